The van der Waals surface area contributed by atoms with Gasteiger partial charge in [-0.15, -0.1) is 11.8 Å². The zero-order valence-electron chi connectivity index (χ0n) is 7.14. The van der Waals surface area contributed by atoms with Crippen molar-refractivity contribution in [3.05, 3.63) is 12.2 Å². The molecule has 1 rings (SSSR count). The average molecular weight is 202 g/mol. The molecular formula is C7H10N2O3S. The van der Waals surface area contributed by atoms with Gasteiger partial charge < -0.3 is 9.63 Å². The van der Waals surface area contributed by atoms with Crippen LogP contribution >= 0.6 is 11.8 Å². The van der Waals surface area contributed by atoms with Crippen molar-refractivity contribution < 1.29 is 14.4 Å². The first-order chi connectivity index (χ1) is 6.18. The molecule has 72 valence electrons. The zero-order chi connectivity index (χ0) is 9.68. The molecule has 6 heteroatoms. The van der Waals surface area contributed by atoms with Gasteiger partial charge in [0, 0.05) is 5.25 Å². The highest BCUT2D eigenvalue weighted by Gasteiger charge is 2.09. The summed E-state index contributed by atoms with van der Waals surface area (Å²) in [6, 6.07) is 0. The summed E-state index contributed by atoms with van der Waals surface area (Å²) < 4.78 is 4.54. The standard InChI is InChI=1S/C7H10N2O3S/c1-5(2-7(10)11)13-3-6-8-4-12-9-6/h4-5H,2-3H2,1H3,(H,10,11). The Hall–Kier alpha value is -1.04. The summed E-state index contributed by atoms with van der Waals surface area (Å²) in [4.78, 5) is 14.1. The highest BCUT2D eigenvalue weighted by Crippen LogP contribution is 2.17. The Labute approximate surface area is 79.5 Å². The van der Waals surface area contributed by atoms with Gasteiger partial charge in [-0.25, -0.2) is 0 Å². The maximum atomic E-state index is 10.3. The van der Waals surface area contributed by atoms with Gasteiger partial charge in [-0.05, 0) is 0 Å². The third-order valence-corrected chi connectivity index (χ3v) is 2.53. The fourth-order valence-corrected chi connectivity index (χ4v) is 1.60. The molecule has 0 fully saturated rings. The molecule has 0 spiro atoms. The molecule has 0 saturated heterocycles. The zero-order valence-corrected chi connectivity index (χ0v) is 7.95. The van der Waals surface area contributed by atoms with Crippen LogP contribution in [0.4, 0.5) is 0 Å². The first-order valence-corrected chi connectivity index (χ1v) is 4.82. The second-order valence-electron chi connectivity index (χ2n) is 2.57. The van der Waals surface area contributed by atoms with E-state index in [0.717, 1.165) is 0 Å². The van der Waals surface area contributed by atoms with E-state index in [2.05, 4.69) is 14.7 Å². The number of rotatable bonds is 5. The van der Waals surface area contributed by atoms with E-state index in [0.29, 0.717) is 11.6 Å². The fraction of sp³-hybridized carbons (Fsp3) is 0.571. The Bertz CT molecular complexity index is 263. The van der Waals surface area contributed by atoms with Crippen LogP contribution in [0.2, 0.25) is 0 Å². The molecule has 1 atom stereocenters. The van der Waals surface area contributed by atoms with Crippen molar-refractivity contribution in [2.24, 2.45) is 0 Å². The predicted molar refractivity (Wildman–Crippen MR) is 47.3 cm³/mol. The van der Waals surface area contributed by atoms with Crippen molar-refractivity contribution >= 4 is 17.7 Å². The Morgan fingerprint density at radius 2 is 2.62 bits per heavy atom. The van der Waals surface area contributed by atoms with Gasteiger partial charge in [0.1, 0.15) is 0 Å². The first-order valence-electron chi connectivity index (χ1n) is 3.77. The van der Waals surface area contributed by atoms with E-state index in [1.165, 1.54) is 18.2 Å². The summed E-state index contributed by atoms with van der Waals surface area (Å²) in [5.74, 6) is 0.403. The van der Waals surface area contributed by atoms with Gasteiger partial charge in [-0.1, -0.05) is 12.1 Å². The lowest BCUT2D eigenvalue weighted by molar-refractivity contribution is -0.136. The number of hydrogen-bond donors (Lipinski definition) is 1. The molecule has 1 N–H and O–H groups in total. The Morgan fingerprint density at radius 3 is 3.15 bits per heavy atom. The third kappa shape index (κ3) is 3.93. The van der Waals surface area contributed by atoms with Crippen LogP contribution in [-0.4, -0.2) is 26.5 Å². The molecule has 13 heavy (non-hydrogen) atoms. The molecule has 1 unspecified atom stereocenters. The molecule has 1 aromatic rings. The van der Waals surface area contributed by atoms with E-state index in [1.807, 2.05) is 6.92 Å². The highest BCUT2D eigenvalue weighted by molar-refractivity contribution is 7.99. The van der Waals surface area contributed by atoms with Gasteiger partial charge in [0.15, 0.2) is 5.82 Å². The molecule has 0 aliphatic heterocycles. The quantitative estimate of drug-likeness (QED) is 0.772. The number of carboxylic acids is 1. The van der Waals surface area contributed by atoms with E-state index in [1.54, 1.807) is 0 Å². The van der Waals surface area contributed by atoms with E-state index in [4.69, 9.17) is 5.11 Å². The largest absolute Gasteiger partial charge is 0.481 e. The summed E-state index contributed by atoms with van der Waals surface area (Å²) in [5, 5.41) is 12.2. The topological polar surface area (TPSA) is 76.2 Å². The summed E-state index contributed by atoms with van der Waals surface area (Å²) >= 11 is 1.50. The maximum Gasteiger partial charge on any atom is 0.304 e. The summed E-state index contributed by atoms with van der Waals surface area (Å²) in [6.45, 7) is 1.86. The average Bonchev–Trinajstić information content (AvgIpc) is 2.51. The monoisotopic (exact) mass is 202 g/mol. The number of carbonyl (C=O) groups is 1. The summed E-state index contributed by atoms with van der Waals surface area (Å²) in [6.07, 6.45) is 1.42. The molecule has 0 aliphatic rings. The minimum absolute atomic E-state index is 0.0657. The smallest absolute Gasteiger partial charge is 0.304 e. The lowest BCUT2D eigenvalue weighted by Gasteiger charge is -2.04. The molecule has 0 bridgehead atoms. The molecule has 0 radical (unpaired) electrons. The van der Waals surface area contributed by atoms with Crippen molar-refractivity contribution in [2.45, 2.75) is 24.3 Å². The van der Waals surface area contributed by atoms with Crippen molar-refractivity contribution in [1.82, 2.24) is 10.1 Å². The van der Waals surface area contributed by atoms with Crippen LogP contribution in [0.1, 0.15) is 19.2 Å². The van der Waals surface area contributed by atoms with Crippen LogP contribution in [0.5, 0.6) is 0 Å². The van der Waals surface area contributed by atoms with E-state index in [-0.39, 0.29) is 11.7 Å². The normalized spacial score (nSPS) is 12.7. The second kappa shape index (κ2) is 4.86. The molecule has 0 amide bonds. The molecular weight excluding hydrogens is 192 g/mol. The highest BCUT2D eigenvalue weighted by atomic mass is 32.2. The first kappa shape index (κ1) is 10.0. The van der Waals surface area contributed by atoms with E-state index in [9.17, 15) is 4.79 Å². The maximum absolute atomic E-state index is 10.3. The Kier molecular flexibility index (Phi) is 3.75. The number of aromatic nitrogens is 2. The number of hydrogen-bond acceptors (Lipinski definition) is 5. The van der Waals surface area contributed by atoms with Crippen LogP contribution in [-0.2, 0) is 10.5 Å². The van der Waals surface area contributed by atoms with Crippen LogP contribution in [0.25, 0.3) is 0 Å². The summed E-state index contributed by atoms with van der Waals surface area (Å²) in [7, 11) is 0. The van der Waals surface area contributed by atoms with Gasteiger partial charge in [-0.3, -0.25) is 4.79 Å². The van der Waals surface area contributed by atoms with E-state index < -0.39 is 5.97 Å². The van der Waals surface area contributed by atoms with Crippen molar-refractivity contribution in [1.29, 1.82) is 0 Å². The molecule has 0 saturated carbocycles. The molecule has 0 aliphatic carbocycles. The van der Waals surface area contributed by atoms with Crippen LogP contribution in [0, 0.1) is 0 Å². The molecule has 0 aromatic carbocycles. The lowest BCUT2D eigenvalue weighted by Crippen LogP contribution is -2.06. The van der Waals surface area contributed by atoms with Crippen LogP contribution in [0.3, 0.4) is 0 Å². The Balaban J connectivity index is 2.22. The van der Waals surface area contributed by atoms with Gasteiger partial charge in [-0.2, -0.15) is 4.98 Å². The predicted octanol–water partition coefficient (Wildman–Crippen LogP) is 1.17. The SMILES string of the molecule is CC(CC(=O)O)SCc1ncon1. The van der Waals surface area contributed by atoms with Crippen LogP contribution in [0.15, 0.2) is 10.9 Å². The molecule has 1 heterocycles. The van der Waals surface area contributed by atoms with Crippen molar-refractivity contribution in [2.75, 3.05) is 0 Å². The number of thioether (sulfide) groups is 1. The third-order valence-electron chi connectivity index (χ3n) is 1.37. The number of nitrogens with zero attached hydrogens (tertiary/aromatic N) is 2. The van der Waals surface area contributed by atoms with Gasteiger partial charge in [0.05, 0.1) is 12.2 Å². The number of carboxylic acid groups (broad SMARTS) is 1. The number of aliphatic carboxylic acids is 1. The van der Waals surface area contributed by atoms with Gasteiger partial charge in [0.2, 0.25) is 6.39 Å². The Morgan fingerprint density at radius 1 is 1.85 bits per heavy atom. The van der Waals surface area contributed by atoms with Crippen molar-refractivity contribution in [3.63, 3.8) is 0 Å². The summed E-state index contributed by atoms with van der Waals surface area (Å²) in [5.41, 5.74) is 0. The van der Waals surface area contributed by atoms with Crippen molar-refractivity contribution in [3.8, 4) is 0 Å². The lowest BCUT2D eigenvalue weighted by atomic mass is 10.3. The van der Waals surface area contributed by atoms with Crippen LogP contribution < -0.4 is 0 Å². The minimum atomic E-state index is -0.784. The van der Waals surface area contributed by atoms with E-state index >= 15 is 0 Å². The van der Waals surface area contributed by atoms with Gasteiger partial charge >= 0.3 is 5.97 Å². The molecule has 1 aromatic heterocycles. The fourth-order valence-electron chi connectivity index (χ4n) is 0.778. The second-order valence-corrected chi connectivity index (χ2v) is 3.99. The minimum Gasteiger partial charge on any atom is -0.481 e. The molecule has 5 nitrogen and oxygen atoms in total. The van der Waals surface area contributed by atoms with Gasteiger partial charge in [0.25, 0.3) is 0 Å².